The van der Waals surface area contributed by atoms with Gasteiger partial charge < -0.3 is 14.6 Å². The summed E-state index contributed by atoms with van der Waals surface area (Å²) in [5.41, 5.74) is 0.867. The van der Waals surface area contributed by atoms with E-state index in [9.17, 15) is 0 Å². The van der Waals surface area contributed by atoms with Crippen molar-refractivity contribution < 1.29 is 14.6 Å². The highest BCUT2D eigenvalue weighted by Gasteiger charge is 2.33. The summed E-state index contributed by atoms with van der Waals surface area (Å²) < 4.78 is 11.6. The third kappa shape index (κ3) is 3.98. The van der Waals surface area contributed by atoms with Crippen LogP contribution < -0.4 is 4.74 Å². The highest BCUT2D eigenvalue weighted by Crippen LogP contribution is 2.25. The average Bonchev–Trinajstić information content (AvgIpc) is 2.84. The van der Waals surface area contributed by atoms with Crippen molar-refractivity contribution in [2.45, 2.75) is 25.0 Å². The van der Waals surface area contributed by atoms with Gasteiger partial charge >= 0.3 is 0 Å². The quantitative estimate of drug-likeness (QED) is 0.847. The Morgan fingerprint density at radius 3 is 2.86 bits per heavy atom. The molecule has 4 heteroatoms. The second-order valence-electron chi connectivity index (χ2n) is 5.55. The summed E-state index contributed by atoms with van der Waals surface area (Å²) in [6, 6.07) is 7.68. The molecule has 1 aromatic carbocycles. The molecule has 2 aliphatic rings. The molecular formula is C17H21NO3. The molecule has 112 valence electrons. The lowest BCUT2D eigenvalue weighted by Crippen LogP contribution is -2.44. The molecule has 2 atom stereocenters. The van der Waals surface area contributed by atoms with E-state index in [1.54, 1.807) is 0 Å². The normalized spacial score (nSPS) is 24.4. The summed E-state index contributed by atoms with van der Waals surface area (Å²) in [7, 11) is 0. The fourth-order valence-corrected chi connectivity index (χ4v) is 2.98. The van der Waals surface area contributed by atoms with E-state index in [1.165, 1.54) is 12.8 Å². The molecule has 21 heavy (non-hydrogen) atoms. The molecule has 0 radical (unpaired) electrons. The summed E-state index contributed by atoms with van der Waals surface area (Å²) in [5, 5.41) is 8.71. The van der Waals surface area contributed by atoms with Crippen LogP contribution in [0.1, 0.15) is 18.4 Å². The topological polar surface area (TPSA) is 41.9 Å². The van der Waals surface area contributed by atoms with E-state index in [0.717, 1.165) is 30.9 Å². The maximum atomic E-state index is 8.71. The molecule has 4 nitrogen and oxygen atoms in total. The number of likely N-dealkylation sites (tertiary alicyclic amines) is 1. The first kappa shape index (κ1) is 14.4. The molecule has 1 aromatic rings. The van der Waals surface area contributed by atoms with Gasteiger partial charge in [-0.15, -0.1) is 0 Å². The number of ether oxygens (including phenoxy) is 2. The molecule has 2 saturated heterocycles. The summed E-state index contributed by atoms with van der Waals surface area (Å²) in [6.07, 6.45) is 3.27. The summed E-state index contributed by atoms with van der Waals surface area (Å²) in [5.74, 6) is 6.36. The SMILES string of the molecule is OCC#Cc1cccc(OCCN2CC3CCC(C2)O3)c1. The minimum absolute atomic E-state index is 0.121. The Balaban J connectivity index is 1.47. The van der Waals surface area contributed by atoms with E-state index in [2.05, 4.69) is 16.7 Å². The highest BCUT2D eigenvalue weighted by atomic mass is 16.5. The zero-order valence-corrected chi connectivity index (χ0v) is 12.1. The van der Waals surface area contributed by atoms with E-state index < -0.39 is 0 Å². The molecule has 0 saturated carbocycles. The van der Waals surface area contributed by atoms with Crippen LogP contribution >= 0.6 is 0 Å². The van der Waals surface area contributed by atoms with Crippen LogP contribution in [-0.2, 0) is 4.74 Å². The Kier molecular flexibility index (Phi) is 4.76. The minimum atomic E-state index is -0.121. The Morgan fingerprint density at radius 2 is 2.10 bits per heavy atom. The van der Waals surface area contributed by atoms with Gasteiger partial charge in [-0.1, -0.05) is 17.9 Å². The second-order valence-corrected chi connectivity index (χ2v) is 5.55. The number of benzene rings is 1. The van der Waals surface area contributed by atoms with E-state index in [4.69, 9.17) is 14.6 Å². The number of fused-ring (bicyclic) bond motifs is 2. The molecular weight excluding hydrogens is 266 g/mol. The number of aliphatic hydroxyl groups is 1. The van der Waals surface area contributed by atoms with Crippen LogP contribution in [0.3, 0.4) is 0 Å². The third-order valence-corrected chi connectivity index (χ3v) is 3.94. The van der Waals surface area contributed by atoms with Crippen LogP contribution in [0, 0.1) is 11.8 Å². The lowest BCUT2D eigenvalue weighted by molar-refractivity contribution is -0.0408. The van der Waals surface area contributed by atoms with Gasteiger partial charge in [-0.25, -0.2) is 0 Å². The largest absolute Gasteiger partial charge is 0.492 e. The number of rotatable bonds is 4. The molecule has 3 rings (SSSR count). The standard InChI is InChI=1S/C17H21NO3/c19-9-2-4-14-3-1-5-15(11-14)20-10-8-18-12-16-6-7-17(13-18)21-16/h1,3,5,11,16-17,19H,6-10,12-13H2. The Bertz CT molecular complexity index is 522. The van der Waals surface area contributed by atoms with E-state index in [0.29, 0.717) is 18.8 Å². The zero-order valence-electron chi connectivity index (χ0n) is 12.1. The summed E-state index contributed by atoms with van der Waals surface area (Å²) in [6.45, 7) is 3.55. The molecule has 2 heterocycles. The first-order chi connectivity index (χ1) is 10.3. The van der Waals surface area contributed by atoms with Gasteiger partial charge in [-0.05, 0) is 31.0 Å². The minimum Gasteiger partial charge on any atom is -0.492 e. The van der Waals surface area contributed by atoms with E-state index >= 15 is 0 Å². The highest BCUT2D eigenvalue weighted by molar-refractivity contribution is 5.39. The molecule has 1 N–H and O–H groups in total. The maximum Gasteiger partial charge on any atom is 0.120 e. The zero-order chi connectivity index (χ0) is 14.5. The fraction of sp³-hybridized carbons (Fsp3) is 0.529. The Labute approximate surface area is 125 Å². The monoisotopic (exact) mass is 287 g/mol. The second kappa shape index (κ2) is 6.95. The first-order valence-electron chi connectivity index (χ1n) is 7.54. The van der Waals surface area contributed by atoms with Crippen LogP contribution in [-0.4, -0.2) is 55.1 Å². The van der Waals surface area contributed by atoms with Gasteiger partial charge in [0.05, 0.1) is 12.2 Å². The smallest absolute Gasteiger partial charge is 0.120 e. The van der Waals surface area contributed by atoms with Gasteiger partial charge in [-0.2, -0.15) is 0 Å². The molecule has 0 amide bonds. The molecule has 2 unspecified atom stereocenters. The number of nitrogens with zero attached hydrogens (tertiary/aromatic N) is 1. The van der Waals surface area contributed by atoms with E-state index in [1.807, 2.05) is 24.3 Å². The fourth-order valence-electron chi connectivity index (χ4n) is 2.98. The van der Waals surface area contributed by atoms with Gasteiger partial charge in [0.25, 0.3) is 0 Å². The van der Waals surface area contributed by atoms with Crippen LogP contribution in [0.15, 0.2) is 24.3 Å². The maximum absolute atomic E-state index is 8.71. The van der Waals surface area contributed by atoms with Gasteiger partial charge in [0.2, 0.25) is 0 Å². The van der Waals surface area contributed by atoms with Crippen molar-refractivity contribution >= 4 is 0 Å². The van der Waals surface area contributed by atoms with Gasteiger partial charge in [-0.3, -0.25) is 4.90 Å². The predicted molar refractivity (Wildman–Crippen MR) is 80.2 cm³/mol. The van der Waals surface area contributed by atoms with Crippen LogP contribution in [0.25, 0.3) is 0 Å². The molecule has 2 bridgehead atoms. The van der Waals surface area contributed by atoms with Crippen molar-refractivity contribution in [2.75, 3.05) is 32.8 Å². The predicted octanol–water partition coefficient (Wildman–Crippen LogP) is 1.27. The first-order valence-corrected chi connectivity index (χ1v) is 7.54. The van der Waals surface area contributed by atoms with Crippen LogP contribution in [0.2, 0.25) is 0 Å². The number of morpholine rings is 1. The third-order valence-electron chi connectivity index (χ3n) is 3.94. The molecule has 2 fully saturated rings. The summed E-state index contributed by atoms with van der Waals surface area (Å²) >= 11 is 0. The van der Waals surface area contributed by atoms with E-state index in [-0.39, 0.29) is 6.61 Å². The molecule has 0 aliphatic carbocycles. The number of aliphatic hydroxyl groups excluding tert-OH is 1. The van der Waals surface area contributed by atoms with Crippen molar-refractivity contribution in [3.05, 3.63) is 29.8 Å². The molecule has 0 spiro atoms. The van der Waals surface area contributed by atoms with Crippen LogP contribution in [0.5, 0.6) is 5.75 Å². The van der Waals surface area contributed by atoms with Crippen molar-refractivity contribution in [2.24, 2.45) is 0 Å². The van der Waals surface area contributed by atoms with Crippen molar-refractivity contribution in [1.82, 2.24) is 4.90 Å². The Hall–Kier alpha value is -1.54. The Morgan fingerprint density at radius 1 is 1.29 bits per heavy atom. The summed E-state index contributed by atoms with van der Waals surface area (Å²) in [4.78, 5) is 2.43. The van der Waals surface area contributed by atoms with Crippen LogP contribution in [0.4, 0.5) is 0 Å². The van der Waals surface area contributed by atoms with Crippen molar-refractivity contribution in [3.8, 4) is 17.6 Å². The van der Waals surface area contributed by atoms with Gasteiger partial charge in [0.1, 0.15) is 19.0 Å². The molecule has 0 aromatic heterocycles. The number of hydrogen-bond donors (Lipinski definition) is 1. The van der Waals surface area contributed by atoms with Crippen molar-refractivity contribution in [1.29, 1.82) is 0 Å². The van der Waals surface area contributed by atoms with Crippen molar-refractivity contribution in [3.63, 3.8) is 0 Å². The lowest BCUT2D eigenvalue weighted by atomic mass is 10.2. The average molecular weight is 287 g/mol. The lowest BCUT2D eigenvalue weighted by Gasteiger charge is -2.31. The molecule has 2 aliphatic heterocycles. The number of hydrogen-bond acceptors (Lipinski definition) is 4. The van der Waals surface area contributed by atoms with Gasteiger partial charge in [0, 0.05) is 25.2 Å². The van der Waals surface area contributed by atoms with Gasteiger partial charge in [0.15, 0.2) is 0 Å².